The van der Waals surface area contributed by atoms with Crippen LogP contribution in [0.25, 0.3) is 0 Å². The second-order valence-electron chi connectivity index (χ2n) is 6.01. The van der Waals surface area contributed by atoms with E-state index in [-0.39, 0.29) is 17.4 Å². The molecule has 2 aliphatic rings. The number of rotatable bonds is 4. The zero-order valence-corrected chi connectivity index (χ0v) is 11.5. The van der Waals surface area contributed by atoms with Gasteiger partial charge in [-0.05, 0) is 18.8 Å². The Morgan fingerprint density at radius 2 is 2.22 bits per heavy atom. The molecule has 2 N–H and O–H groups in total. The van der Waals surface area contributed by atoms with Gasteiger partial charge in [0.1, 0.15) is 5.78 Å². The second kappa shape index (κ2) is 5.68. The Bertz CT molecular complexity index is 297. The number of ketones is 1. The number of hydrogen-bond donors (Lipinski definition) is 1. The Morgan fingerprint density at radius 1 is 1.44 bits per heavy atom. The van der Waals surface area contributed by atoms with Crippen LogP contribution >= 0.6 is 0 Å². The molecule has 2 heterocycles. The number of carbonyl (C=O) groups excluding carboxylic acids is 1. The van der Waals surface area contributed by atoms with Gasteiger partial charge in [-0.2, -0.15) is 0 Å². The Labute approximate surface area is 109 Å². The second-order valence-corrected chi connectivity index (χ2v) is 6.01. The quantitative estimate of drug-likeness (QED) is 0.824. The normalized spacial score (nSPS) is 34.1. The highest BCUT2D eigenvalue weighted by Gasteiger charge is 2.44. The van der Waals surface area contributed by atoms with Crippen LogP contribution in [0.2, 0.25) is 0 Å². The first kappa shape index (κ1) is 14.0. The van der Waals surface area contributed by atoms with Gasteiger partial charge < -0.3 is 15.2 Å². The van der Waals surface area contributed by atoms with Crippen LogP contribution in [0.5, 0.6) is 0 Å². The molecular weight excluding hydrogens is 230 g/mol. The van der Waals surface area contributed by atoms with E-state index in [9.17, 15) is 4.79 Å². The Morgan fingerprint density at radius 3 is 2.78 bits per heavy atom. The molecular formula is C14H25NO3. The van der Waals surface area contributed by atoms with E-state index in [1.165, 1.54) is 0 Å². The van der Waals surface area contributed by atoms with Gasteiger partial charge in [0, 0.05) is 38.0 Å². The molecule has 0 aromatic carbocycles. The van der Waals surface area contributed by atoms with E-state index in [1.807, 2.05) is 0 Å². The third kappa shape index (κ3) is 2.76. The van der Waals surface area contributed by atoms with Crippen molar-refractivity contribution in [3.63, 3.8) is 0 Å². The molecule has 0 radical (unpaired) electrons. The maximum atomic E-state index is 12.5. The number of Topliss-reactive ketones (excluding diaryl/α,β-unsaturated/α-hetero) is 1. The van der Waals surface area contributed by atoms with Crippen molar-refractivity contribution in [1.82, 2.24) is 0 Å². The van der Waals surface area contributed by atoms with Gasteiger partial charge in [0.25, 0.3) is 0 Å². The van der Waals surface area contributed by atoms with Crippen LogP contribution in [0.15, 0.2) is 0 Å². The summed E-state index contributed by atoms with van der Waals surface area (Å²) >= 11 is 0. The smallest absolute Gasteiger partial charge is 0.140 e. The number of ether oxygens (including phenoxy) is 2. The molecule has 3 unspecified atom stereocenters. The molecule has 0 amide bonds. The van der Waals surface area contributed by atoms with Crippen molar-refractivity contribution in [2.45, 2.75) is 38.7 Å². The van der Waals surface area contributed by atoms with Crippen molar-refractivity contribution in [1.29, 1.82) is 0 Å². The average Bonchev–Trinajstić information content (AvgIpc) is 2.77. The molecule has 4 heteroatoms. The van der Waals surface area contributed by atoms with Gasteiger partial charge in [0.05, 0.1) is 12.2 Å². The summed E-state index contributed by atoms with van der Waals surface area (Å²) in [6, 6.07) is 0. The average molecular weight is 255 g/mol. The third-order valence-corrected chi connectivity index (χ3v) is 4.39. The van der Waals surface area contributed by atoms with Crippen LogP contribution in [0.3, 0.4) is 0 Å². The Balaban J connectivity index is 2.02. The van der Waals surface area contributed by atoms with Gasteiger partial charge in [-0.15, -0.1) is 0 Å². The third-order valence-electron chi connectivity index (χ3n) is 4.39. The first-order valence-corrected chi connectivity index (χ1v) is 7.03. The van der Waals surface area contributed by atoms with Crippen molar-refractivity contribution >= 4 is 5.78 Å². The summed E-state index contributed by atoms with van der Waals surface area (Å²) in [6.45, 7) is 6.68. The summed E-state index contributed by atoms with van der Waals surface area (Å²) in [5, 5.41) is 0. The molecule has 1 spiro atoms. The molecule has 0 aromatic rings. The molecule has 2 fully saturated rings. The Hall–Kier alpha value is -0.450. The molecule has 18 heavy (non-hydrogen) atoms. The van der Waals surface area contributed by atoms with E-state index in [4.69, 9.17) is 15.2 Å². The van der Waals surface area contributed by atoms with Crippen LogP contribution < -0.4 is 5.73 Å². The van der Waals surface area contributed by atoms with Gasteiger partial charge in [-0.1, -0.05) is 13.8 Å². The highest BCUT2D eigenvalue weighted by molar-refractivity contribution is 5.84. The standard InChI is InChI=1S/C14H25NO3/c1-10(2)12(8-15)13(16)11-3-5-18-14(7-11)4-6-17-9-14/h10-12H,3-9,15H2,1-2H3. The lowest BCUT2D eigenvalue weighted by atomic mass is 9.77. The van der Waals surface area contributed by atoms with Crippen LogP contribution in [0.1, 0.15) is 33.1 Å². The minimum Gasteiger partial charge on any atom is -0.378 e. The fraction of sp³-hybridized carbons (Fsp3) is 0.929. The molecule has 2 saturated heterocycles. The predicted molar refractivity (Wildman–Crippen MR) is 69.2 cm³/mol. The summed E-state index contributed by atoms with van der Waals surface area (Å²) in [5.41, 5.74) is 5.56. The topological polar surface area (TPSA) is 61.6 Å². The zero-order valence-electron chi connectivity index (χ0n) is 11.5. The molecule has 3 atom stereocenters. The summed E-state index contributed by atoms with van der Waals surface area (Å²) in [4.78, 5) is 12.5. The lowest BCUT2D eigenvalue weighted by Gasteiger charge is -2.37. The van der Waals surface area contributed by atoms with Crippen molar-refractivity contribution < 1.29 is 14.3 Å². The fourth-order valence-corrected chi connectivity index (χ4v) is 3.15. The summed E-state index contributed by atoms with van der Waals surface area (Å²) in [7, 11) is 0. The molecule has 4 nitrogen and oxygen atoms in total. The maximum Gasteiger partial charge on any atom is 0.140 e. The molecule has 0 bridgehead atoms. The minimum atomic E-state index is -0.186. The monoisotopic (exact) mass is 255 g/mol. The van der Waals surface area contributed by atoms with Crippen molar-refractivity contribution in [3.05, 3.63) is 0 Å². The maximum absolute atomic E-state index is 12.5. The van der Waals surface area contributed by atoms with Gasteiger partial charge in [0.15, 0.2) is 0 Å². The fourth-order valence-electron chi connectivity index (χ4n) is 3.15. The number of hydrogen-bond acceptors (Lipinski definition) is 4. The molecule has 2 aliphatic heterocycles. The molecule has 0 saturated carbocycles. The molecule has 0 aromatic heterocycles. The molecule has 104 valence electrons. The van der Waals surface area contributed by atoms with Gasteiger partial charge >= 0.3 is 0 Å². The first-order chi connectivity index (χ1) is 8.58. The van der Waals surface area contributed by atoms with Crippen molar-refractivity contribution in [2.75, 3.05) is 26.4 Å². The highest BCUT2D eigenvalue weighted by Crippen LogP contribution is 2.37. The van der Waals surface area contributed by atoms with Gasteiger partial charge in [-0.25, -0.2) is 0 Å². The van der Waals surface area contributed by atoms with E-state index < -0.39 is 0 Å². The van der Waals surface area contributed by atoms with Crippen LogP contribution in [0.4, 0.5) is 0 Å². The lowest BCUT2D eigenvalue weighted by Crippen LogP contribution is -2.45. The van der Waals surface area contributed by atoms with Crippen LogP contribution in [-0.4, -0.2) is 37.7 Å². The van der Waals surface area contributed by atoms with Gasteiger partial charge in [0.2, 0.25) is 0 Å². The SMILES string of the molecule is CC(C)C(CN)C(=O)C1CCOC2(CCOC2)C1. The van der Waals surface area contributed by atoms with Crippen LogP contribution in [-0.2, 0) is 14.3 Å². The highest BCUT2D eigenvalue weighted by atomic mass is 16.6. The first-order valence-electron chi connectivity index (χ1n) is 7.03. The van der Waals surface area contributed by atoms with E-state index in [1.54, 1.807) is 0 Å². The summed E-state index contributed by atoms with van der Waals surface area (Å²) in [6.07, 6.45) is 2.57. The largest absolute Gasteiger partial charge is 0.378 e. The predicted octanol–water partition coefficient (Wildman–Crippen LogP) is 1.37. The van der Waals surface area contributed by atoms with E-state index >= 15 is 0 Å². The summed E-state index contributed by atoms with van der Waals surface area (Å²) < 4.78 is 11.3. The minimum absolute atomic E-state index is 0.00697. The lowest BCUT2D eigenvalue weighted by molar-refractivity contribution is -0.141. The van der Waals surface area contributed by atoms with Crippen molar-refractivity contribution in [2.24, 2.45) is 23.5 Å². The molecule has 0 aliphatic carbocycles. The van der Waals surface area contributed by atoms with Crippen molar-refractivity contribution in [3.8, 4) is 0 Å². The van der Waals surface area contributed by atoms with Crippen LogP contribution in [0, 0.1) is 17.8 Å². The zero-order chi connectivity index (χ0) is 13.2. The van der Waals surface area contributed by atoms with E-state index in [2.05, 4.69) is 13.8 Å². The van der Waals surface area contributed by atoms with E-state index in [0.29, 0.717) is 31.5 Å². The van der Waals surface area contributed by atoms with E-state index in [0.717, 1.165) is 25.9 Å². The number of carbonyl (C=O) groups is 1. The Kier molecular flexibility index (Phi) is 4.41. The number of nitrogens with two attached hydrogens (primary N) is 1. The van der Waals surface area contributed by atoms with Gasteiger partial charge in [-0.3, -0.25) is 4.79 Å². The summed E-state index contributed by atoms with van der Waals surface area (Å²) in [5.74, 6) is 0.757. The molecule has 2 rings (SSSR count).